The fraction of sp³-hybridized carbons (Fsp3) is 0.375. The van der Waals surface area contributed by atoms with Crippen molar-refractivity contribution in [3.8, 4) is 5.75 Å². The highest BCUT2D eigenvalue weighted by molar-refractivity contribution is 7.89. The summed E-state index contributed by atoms with van der Waals surface area (Å²) in [7, 11) is 0.209. The minimum atomic E-state index is -4.03. The number of methoxy groups -OCH3 is 1. The smallest absolute Gasteiger partial charge is 0.330 e. The van der Waals surface area contributed by atoms with Crippen molar-refractivity contribution in [2.45, 2.75) is 18.2 Å². The molecular weight excluding hydrogens is 346 g/mol. The Bertz CT molecular complexity index is 988. The van der Waals surface area contributed by atoms with E-state index < -0.39 is 26.2 Å². The van der Waals surface area contributed by atoms with Crippen LogP contribution in [0, 0.1) is 6.92 Å². The predicted octanol–water partition coefficient (Wildman–Crippen LogP) is -0.0780. The number of nitrogens with zero attached hydrogens (tertiary/aromatic N) is 2. The van der Waals surface area contributed by atoms with E-state index in [1.807, 2.05) is 12.1 Å². The zero-order chi connectivity index (χ0) is 18.8. The second kappa shape index (κ2) is 7.24. The van der Waals surface area contributed by atoms with E-state index in [1.165, 1.54) is 21.0 Å². The van der Waals surface area contributed by atoms with Crippen LogP contribution in [0.25, 0.3) is 0 Å². The minimum Gasteiger partial charge on any atom is -0.497 e. The number of sulfonamides is 1. The number of ether oxygens (including phenoxy) is 1. The van der Waals surface area contributed by atoms with E-state index in [9.17, 15) is 18.0 Å². The Kier molecular flexibility index (Phi) is 5.48. The number of rotatable bonds is 6. The normalized spacial score (nSPS) is 11.5. The van der Waals surface area contributed by atoms with E-state index in [0.717, 1.165) is 14.7 Å². The molecular formula is C16H21N3O5S. The zero-order valence-corrected chi connectivity index (χ0v) is 15.4. The molecule has 9 heteroatoms. The van der Waals surface area contributed by atoms with Gasteiger partial charge >= 0.3 is 5.69 Å². The molecule has 1 heterocycles. The first-order valence-electron chi connectivity index (χ1n) is 7.58. The van der Waals surface area contributed by atoms with Gasteiger partial charge in [0, 0.05) is 26.3 Å². The molecule has 8 nitrogen and oxygen atoms in total. The molecule has 0 aliphatic rings. The summed E-state index contributed by atoms with van der Waals surface area (Å²) in [6, 6.07) is 7.25. The van der Waals surface area contributed by atoms with Crippen LogP contribution in [-0.4, -0.2) is 31.2 Å². The summed E-state index contributed by atoms with van der Waals surface area (Å²) >= 11 is 0. The standard InChI is InChI=1S/C16H21N3O5S/c1-11-14(15(20)19(3)16(21)18(11)2)25(22,23)17-10-9-12-5-7-13(24-4)8-6-12/h5-8,17H,9-10H2,1-4H3. The van der Waals surface area contributed by atoms with Gasteiger partial charge in [-0.1, -0.05) is 12.1 Å². The highest BCUT2D eigenvalue weighted by atomic mass is 32.2. The molecule has 0 aliphatic carbocycles. The Hall–Kier alpha value is -2.39. The SMILES string of the molecule is COc1ccc(CCNS(=O)(=O)c2c(C)n(C)c(=O)n(C)c2=O)cc1. The van der Waals surface area contributed by atoms with Gasteiger partial charge in [-0.15, -0.1) is 0 Å². The van der Waals surface area contributed by atoms with Gasteiger partial charge in [0.2, 0.25) is 10.0 Å². The molecule has 0 spiro atoms. The van der Waals surface area contributed by atoms with Crippen molar-refractivity contribution < 1.29 is 13.2 Å². The van der Waals surface area contributed by atoms with E-state index in [2.05, 4.69) is 4.72 Å². The minimum absolute atomic E-state index is 0.102. The fourth-order valence-corrected chi connectivity index (χ4v) is 3.83. The summed E-state index contributed by atoms with van der Waals surface area (Å²) in [5.41, 5.74) is -0.379. The van der Waals surface area contributed by atoms with Crippen LogP contribution in [0.5, 0.6) is 5.75 Å². The first-order chi connectivity index (χ1) is 11.7. The van der Waals surface area contributed by atoms with Crippen LogP contribution in [0.1, 0.15) is 11.3 Å². The van der Waals surface area contributed by atoms with Crippen LogP contribution < -0.4 is 20.7 Å². The van der Waals surface area contributed by atoms with Crippen LogP contribution in [0.2, 0.25) is 0 Å². The fourth-order valence-electron chi connectivity index (χ4n) is 2.42. The third kappa shape index (κ3) is 3.83. The van der Waals surface area contributed by atoms with Crippen LogP contribution >= 0.6 is 0 Å². The molecule has 0 unspecified atom stereocenters. The Balaban J connectivity index is 2.22. The Morgan fingerprint density at radius 2 is 1.68 bits per heavy atom. The topological polar surface area (TPSA) is 99.4 Å². The Labute approximate surface area is 145 Å². The number of hydrogen-bond acceptors (Lipinski definition) is 5. The summed E-state index contributed by atoms with van der Waals surface area (Å²) in [5, 5.41) is 0. The Morgan fingerprint density at radius 3 is 2.24 bits per heavy atom. The number of hydrogen-bond donors (Lipinski definition) is 1. The third-order valence-corrected chi connectivity index (χ3v) is 5.63. The van der Waals surface area contributed by atoms with Crippen LogP contribution in [0.4, 0.5) is 0 Å². The number of aromatic nitrogens is 2. The molecule has 1 aromatic carbocycles. The predicted molar refractivity (Wildman–Crippen MR) is 93.5 cm³/mol. The zero-order valence-electron chi connectivity index (χ0n) is 14.6. The van der Waals surface area contributed by atoms with Gasteiger partial charge in [0.1, 0.15) is 5.75 Å². The van der Waals surface area contributed by atoms with Crippen molar-refractivity contribution in [3.05, 3.63) is 56.4 Å². The molecule has 2 aromatic rings. The highest BCUT2D eigenvalue weighted by Gasteiger charge is 2.24. The highest BCUT2D eigenvalue weighted by Crippen LogP contribution is 2.12. The second-order valence-electron chi connectivity index (χ2n) is 5.62. The van der Waals surface area contributed by atoms with E-state index in [4.69, 9.17) is 4.74 Å². The van der Waals surface area contributed by atoms with E-state index in [0.29, 0.717) is 12.2 Å². The van der Waals surface area contributed by atoms with E-state index in [1.54, 1.807) is 19.2 Å². The van der Waals surface area contributed by atoms with Crippen molar-refractivity contribution in [2.75, 3.05) is 13.7 Å². The van der Waals surface area contributed by atoms with Gasteiger partial charge in [-0.25, -0.2) is 17.9 Å². The Morgan fingerprint density at radius 1 is 1.08 bits per heavy atom. The lowest BCUT2D eigenvalue weighted by Gasteiger charge is -2.13. The average Bonchev–Trinajstić information content (AvgIpc) is 2.58. The van der Waals surface area contributed by atoms with Gasteiger partial charge in [-0.05, 0) is 31.0 Å². The summed E-state index contributed by atoms with van der Waals surface area (Å²) in [4.78, 5) is 23.7. The molecule has 0 fully saturated rings. The summed E-state index contributed by atoms with van der Waals surface area (Å²) in [5.74, 6) is 0.716. The summed E-state index contributed by atoms with van der Waals surface area (Å²) < 4.78 is 34.4. The van der Waals surface area contributed by atoms with Crippen LogP contribution in [0.15, 0.2) is 38.8 Å². The molecule has 1 aromatic heterocycles. The maximum Gasteiger partial charge on any atom is 0.330 e. The van der Waals surface area contributed by atoms with Gasteiger partial charge in [-0.2, -0.15) is 0 Å². The van der Waals surface area contributed by atoms with Gasteiger partial charge in [0.15, 0.2) is 4.90 Å². The van der Waals surface area contributed by atoms with Gasteiger partial charge in [-0.3, -0.25) is 13.9 Å². The summed E-state index contributed by atoms with van der Waals surface area (Å²) in [6.45, 7) is 1.56. The van der Waals surface area contributed by atoms with Crippen molar-refractivity contribution in [1.82, 2.24) is 13.9 Å². The van der Waals surface area contributed by atoms with Gasteiger partial charge < -0.3 is 4.74 Å². The largest absolute Gasteiger partial charge is 0.497 e. The van der Waals surface area contributed by atoms with Gasteiger partial charge in [0.05, 0.1) is 7.11 Å². The lowest BCUT2D eigenvalue weighted by atomic mass is 10.1. The molecule has 0 radical (unpaired) electrons. The number of benzene rings is 1. The van der Waals surface area contributed by atoms with Gasteiger partial charge in [0.25, 0.3) is 5.56 Å². The monoisotopic (exact) mass is 367 g/mol. The molecule has 0 aliphatic heterocycles. The summed E-state index contributed by atoms with van der Waals surface area (Å²) in [6.07, 6.45) is 0.453. The van der Waals surface area contributed by atoms with Crippen molar-refractivity contribution in [1.29, 1.82) is 0 Å². The molecule has 0 atom stereocenters. The van der Waals surface area contributed by atoms with Crippen molar-refractivity contribution in [2.24, 2.45) is 14.1 Å². The lowest BCUT2D eigenvalue weighted by Crippen LogP contribution is -2.43. The molecule has 136 valence electrons. The maximum absolute atomic E-state index is 12.5. The van der Waals surface area contributed by atoms with Crippen molar-refractivity contribution >= 4 is 10.0 Å². The van der Waals surface area contributed by atoms with E-state index >= 15 is 0 Å². The van der Waals surface area contributed by atoms with Crippen LogP contribution in [0.3, 0.4) is 0 Å². The van der Waals surface area contributed by atoms with Crippen molar-refractivity contribution in [3.63, 3.8) is 0 Å². The molecule has 0 saturated heterocycles. The maximum atomic E-state index is 12.5. The molecule has 2 rings (SSSR count). The second-order valence-corrected chi connectivity index (χ2v) is 7.32. The molecule has 0 bridgehead atoms. The third-order valence-electron chi connectivity index (χ3n) is 4.04. The number of nitrogens with one attached hydrogen (secondary N) is 1. The molecule has 25 heavy (non-hydrogen) atoms. The average molecular weight is 367 g/mol. The first kappa shape index (κ1) is 18.9. The first-order valence-corrected chi connectivity index (χ1v) is 9.06. The molecule has 0 amide bonds. The molecule has 0 saturated carbocycles. The van der Waals surface area contributed by atoms with Crippen LogP contribution in [-0.2, 0) is 30.5 Å². The van der Waals surface area contributed by atoms with E-state index in [-0.39, 0.29) is 12.2 Å². The molecule has 1 N–H and O–H groups in total. The quantitative estimate of drug-likeness (QED) is 0.770. The lowest BCUT2D eigenvalue weighted by molar-refractivity contribution is 0.414.